The second kappa shape index (κ2) is 8.82. The third kappa shape index (κ3) is 4.20. The molecule has 0 N–H and O–H groups in total. The van der Waals surface area contributed by atoms with Gasteiger partial charge < -0.3 is 4.57 Å². The third-order valence-electron chi connectivity index (χ3n) is 5.39. The maximum absolute atomic E-state index is 14.7. The highest BCUT2D eigenvalue weighted by Gasteiger charge is 2.21. The summed E-state index contributed by atoms with van der Waals surface area (Å²) in [5, 5.41) is 9.16. The van der Waals surface area contributed by atoms with Gasteiger partial charge in [0.25, 0.3) is 5.56 Å². The van der Waals surface area contributed by atoms with E-state index in [2.05, 4.69) is 11.1 Å². The van der Waals surface area contributed by atoms with Gasteiger partial charge in [-0.25, -0.2) is 23.1 Å². The standard InChI is InChI=1S/C24H21F2N5O2/c1-15(2)8-9-30-23(32)21-22(31(24(30)33)20-7-6-18(25)11-19(20)26)28-14-29(21)13-17-5-3-4-16(10-17)12-27/h3-7,10-11,14-15H,8-9,13H2,1-2H3. The molecule has 4 aromatic rings. The molecule has 9 heteroatoms. The molecule has 0 saturated carbocycles. The lowest BCUT2D eigenvalue weighted by molar-refractivity contribution is 0.490. The smallest absolute Gasteiger partial charge is 0.320 e. The van der Waals surface area contributed by atoms with Crippen LogP contribution in [0.4, 0.5) is 8.78 Å². The Morgan fingerprint density at radius 3 is 2.61 bits per heavy atom. The lowest BCUT2D eigenvalue weighted by Gasteiger charge is -2.14. The van der Waals surface area contributed by atoms with E-state index in [-0.39, 0.29) is 35.9 Å². The molecule has 0 bridgehead atoms. The molecule has 0 unspecified atom stereocenters. The summed E-state index contributed by atoms with van der Waals surface area (Å²) in [7, 11) is 0. The summed E-state index contributed by atoms with van der Waals surface area (Å²) in [4.78, 5) is 30.9. The van der Waals surface area contributed by atoms with E-state index in [1.807, 2.05) is 13.8 Å². The number of hydrogen-bond acceptors (Lipinski definition) is 4. The zero-order valence-corrected chi connectivity index (χ0v) is 18.1. The van der Waals surface area contributed by atoms with Crippen molar-refractivity contribution in [1.82, 2.24) is 18.7 Å². The van der Waals surface area contributed by atoms with Gasteiger partial charge in [-0.2, -0.15) is 5.26 Å². The molecule has 0 fully saturated rings. The van der Waals surface area contributed by atoms with Gasteiger partial charge in [-0.1, -0.05) is 26.0 Å². The minimum atomic E-state index is -0.941. The lowest BCUT2D eigenvalue weighted by Crippen LogP contribution is -2.40. The van der Waals surface area contributed by atoms with E-state index in [0.29, 0.717) is 18.1 Å². The fourth-order valence-electron chi connectivity index (χ4n) is 3.70. The van der Waals surface area contributed by atoms with E-state index in [1.54, 1.807) is 28.8 Å². The predicted molar refractivity (Wildman–Crippen MR) is 119 cm³/mol. The number of nitriles is 1. The second-order valence-electron chi connectivity index (χ2n) is 8.21. The highest BCUT2D eigenvalue weighted by atomic mass is 19.1. The molecule has 0 radical (unpaired) electrons. The third-order valence-corrected chi connectivity index (χ3v) is 5.39. The maximum Gasteiger partial charge on any atom is 0.337 e. The van der Waals surface area contributed by atoms with Crippen molar-refractivity contribution in [3.8, 4) is 11.8 Å². The highest BCUT2D eigenvalue weighted by molar-refractivity contribution is 5.72. The first-order valence-electron chi connectivity index (χ1n) is 10.4. The first kappa shape index (κ1) is 22.1. The van der Waals surface area contributed by atoms with Crippen LogP contribution in [0.1, 0.15) is 31.4 Å². The molecule has 2 heterocycles. The van der Waals surface area contributed by atoms with Crippen LogP contribution in [-0.2, 0) is 13.1 Å². The minimum absolute atomic E-state index is 0.0206. The van der Waals surface area contributed by atoms with Crippen molar-refractivity contribution in [1.29, 1.82) is 5.26 Å². The Morgan fingerprint density at radius 1 is 1.12 bits per heavy atom. The molecule has 4 rings (SSSR count). The normalized spacial score (nSPS) is 11.3. The quantitative estimate of drug-likeness (QED) is 0.450. The van der Waals surface area contributed by atoms with E-state index in [1.165, 1.54) is 6.33 Å². The Labute approximate surface area is 187 Å². The molecular formula is C24H21F2N5O2. The largest absolute Gasteiger partial charge is 0.337 e. The van der Waals surface area contributed by atoms with Gasteiger partial charge in [0.1, 0.15) is 11.6 Å². The molecule has 0 amide bonds. The van der Waals surface area contributed by atoms with Crippen molar-refractivity contribution >= 4 is 11.2 Å². The van der Waals surface area contributed by atoms with Crippen molar-refractivity contribution in [2.24, 2.45) is 5.92 Å². The molecule has 0 atom stereocenters. The number of benzene rings is 2. The van der Waals surface area contributed by atoms with E-state index < -0.39 is 22.9 Å². The summed E-state index contributed by atoms with van der Waals surface area (Å²) in [6, 6.07) is 11.9. The van der Waals surface area contributed by atoms with Crippen LogP contribution in [0.5, 0.6) is 0 Å². The Balaban J connectivity index is 1.98. The van der Waals surface area contributed by atoms with Gasteiger partial charge in [-0.3, -0.25) is 9.36 Å². The van der Waals surface area contributed by atoms with Gasteiger partial charge in [0, 0.05) is 19.2 Å². The van der Waals surface area contributed by atoms with Gasteiger partial charge >= 0.3 is 5.69 Å². The Bertz CT molecular complexity index is 1510. The predicted octanol–water partition coefficient (Wildman–Crippen LogP) is 3.59. The van der Waals surface area contributed by atoms with Crippen molar-refractivity contribution in [2.75, 3.05) is 0 Å². The van der Waals surface area contributed by atoms with Crippen LogP contribution in [-0.4, -0.2) is 18.7 Å². The molecule has 0 saturated heterocycles. The van der Waals surface area contributed by atoms with Crippen LogP contribution >= 0.6 is 0 Å². The highest BCUT2D eigenvalue weighted by Crippen LogP contribution is 2.18. The number of rotatable bonds is 6. The molecule has 2 aromatic carbocycles. The van der Waals surface area contributed by atoms with Crippen LogP contribution < -0.4 is 11.2 Å². The average molecular weight is 449 g/mol. The van der Waals surface area contributed by atoms with Gasteiger partial charge in [0.15, 0.2) is 11.2 Å². The van der Waals surface area contributed by atoms with E-state index in [4.69, 9.17) is 5.26 Å². The zero-order chi connectivity index (χ0) is 23.7. The van der Waals surface area contributed by atoms with Gasteiger partial charge in [0.2, 0.25) is 0 Å². The average Bonchev–Trinajstić information content (AvgIpc) is 3.18. The second-order valence-corrected chi connectivity index (χ2v) is 8.21. The van der Waals surface area contributed by atoms with E-state index >= 15 is 0 Å². The molecule has 168 valence electrons. The van der Waals surface area contributed by atoms with Crippen LogP contribution in [0.3, 0.4) is 0 Å². The minimum Gasteiger partial charge on any atom is -0.320 e. The summed E-state index contributed by atoms with van der Waals surface area (Å²) in [6.07, 6.45) is 1.96. The van der Waals surface area contributed by atoms with Gasteiger partial charge in [-0.15, -0.1) is 0 Å². The Hall–Kier alpha value is -4.06. The van der Waals surface area contributed by atoms with Crippen LogP contribution in [0.15, 0.2) is 58.4 Å². The van der Waals surface area contributed by atoms with Crippen LogP contribution in [0.2, 0.25) is 0 Å². The number of halogens is 2. The number of imidazole rings is 1. The molecule has 7 nitrogen and oxygen atoms in total. The topological polar surface area (TPSA) is 85.6 Å². The molecule has 0 aliphatic heterocycles. The summed E-state index contributed by atoms with van der Waals surface area (Å²) in [6.45, 7) is 4.29. The summed E-state index contributed by atoms with van der Waals surface area (Å²) < 4.78 is 31.8. The summed E-state index contributed by atoms with van der Waals surface area (Å²) in [5.41, 5.74) is -0.152. The Morgan fingerprint density at radius 2 is 1.91 bits per heavy atom. The van der Waals surface area contributed by atoms with Crippen LogP contribution in [0.25, 0.3) is 16.9 Å². The zero-order valence-electron chi connectivity index (χ0n) is 18.1. The molecule has 0 aliphatic rings. The van der Waals surface area contributed by atoms with Crippen molar-refractivity contribution < 1.29 is 8.78 Å². The summed E-state index contributed by atoms with van der Waals surface area (Å²) >= 11 is 0. The molecule has 33 heavy (non-hydrogen) atoms. The van der Waals surface area contributed by atoms with Crippen molar-refractivity contribution in [3.63, 3.8) is 0 Å². The van der Waals surface area contributed by atoms with Crippen molar-refractivity contribution in [2.45, 2.75) is 33.4 Å². The number of nitrogens with zero attached hydrogens (tertiary/aromatic N) is 5. The lowest BCUT2D eigenvalue weighted by atomic mass is 10.1. The number of fused-ring (bicyclic) bond motifs is 1. The summed E-state index contributed by atoms with van der Waals surface area (Å²) in [5.74, 6) is -1.50. The van der Waals surface area contributed by atoms with Gasteiger partial charge in [0.05, 0.1) is 23.6 Å². The molecule has 2 aromatic heterocycles. The first-order valence-corrected chi connectivity index (χ1v) is 10.4. The Kier molecular flexibility index (Phi) is 5.92. The molecule has 0 spiro atoms. The fraction of sp³-hybridized carbons (Fsp3) is 0.250. The number of aromatic nitrogens is 4. The van der Waals surface area contributed by atoms with Crippen LogP contribution in [0, 0.1) is 28.9 Å². The maximum atomic E-state index is 14.7. The van der Waals surface area contributed by atoms with Gasteiger partial charge in [-0.05, 0) is 42.2 Å². The van der Waals surface area contributed by atoms with Crippen molar-refractivity contribution in [3.05, 3.63) is 92.4 Å². The number of hydrogen-bond donors (Lipinski definition) is 0. The van der Waals surface area contributed by atoms with E-state index in [9.17, 15) is 18.4 Å². The first-order chi connectivity index (χ1) is 15.8. The molecule has 0 aliphatic carbocycles. The molecular weight excluding hydrogens is 428 g/mol. The van der Waals surface area contributed by atoms with E-state index in [0.717, 1.165) is 26.8 Å². The SMILES string of the molecule is CC(C)CCn1c(=O)c2c(ncn2Cc2cccc(C#N)c2)n(-c2ccc(F)cc2F)c1=O. The monoisotopic (exact) mass is 449 g/mol. The fourth-order valence-corrected chi connectivity index (χ4v) is 3.70.